The zero-order valence-corrected chi connectivity index (χ0v) is 16.4. The van der Waals surface area contributed by atoms with Crippen LogP contribution in [0.5, 0.6) is 0 Å². The number of carbonyl (C=O) groups is 1. The predicted molar refractivity (Wildman–Crippen MR) is 107 cm³/mol. The Morgan fingerprint density at radius 1 is 1.07 bits per heavy atom. The van der Waals surface area contributed by atoms with Crippen molar-refractivity contribution in [1.82, 2.24) is 0 Å². The van der Waals surface area contributed by atoms with Crippen molar-refractivity contribution < 1.29 is 14.6 Å². The van der Waals surface area contributed by atoms with Gasteiger partial charge in [0.25, 0.3) is 0 Å². The summed E-state index contributed by atoms with van der Waals surface area (Å²) in [5.74, 6) is 5.42. The molecule has 3 heteroatoms. The summed E-state index contributed by atoms with van der Waals surface area (Å²) in [6.07, 6.45) is 2.15. The molecule has 1 N–H and O–H groups in total. The van der Waals surface area contributed by atoms with Crippen molar-refractivity contribution in [3.05, 3.63) is 70.3 Å². The molecule has 0 spiro atoms. The number of benzene rings is 2. The van der Waals surface area contributed by atoms with Gasteiger partial charge in [-0.15, -0.1) is 0 Å². The quantitative estimate of drug-likeness (QED) is 0.769. The fourth-order valence-electron chi connectivity index (χ4n) is 3.36. The van der Waals surface area contributed by atoms with Gasteiger partial charge in [0.2, 0.25) is 0 Å². The van der Waals surface area contributed by atoms with Crippen molar-refractivity contribution in [1.29, 1.82) is 0 Å². The minimum absolute atomic E-state index is 0.00283. The van der Waals surface area contributed by atoms with E-state index in [1.807, 2.05) is 6.92 Å². The summed E-state index contributed by atoms with van der Waals surface area (Å²) in [7, 11) is 0. The van der Waals surface area contributed by atoms with Crippen LogP contribution in [0.4, 0.5) is 0 Å². The summed E-state index contributed by atoms with van der Waals surface area (Å²) >= 11 is 0. The summed E-state index contributed by atoms with van der Waals surface area (Å²) in [4.78, 5) is 10.9. The van der Waals surface area contributed by atoms with E-state index < -0.39 is 5.97 Å². The first-order valence-corrected chi connectivity index (χ1v) is 9.39. The molecule has 0 aromatic heterocycles. The van der Waals surface area contributed by atoms with E-state index in [0.29, 0.717) is 0 Å². The van der Waals surface area contributed by atoms with Gasteiger partial charge in [-0.1, -0.05) is 38.7 Å². The maximum atomic E-state index is 10.9. The molecule has 0 radical (unpaired) electrons. The summed E-state index contributed by atoms with van der Waals surface area (Å²) in [5, 5.41) is 8.98. The Morgan fingerprint density at radius 3 is 2.19 bits per heavy atom. The number of aromatic carboxylic acids is 1. The SMILES string of the molecule is CCOC1(c2ccc(C#Cc3ccc(C(=O)O)cc3)cc2C(C)(C)C)CC1. The van der Waals surface area contributed by atoms with Crippen molar-refractivity contribution >= 4 is 5.97 Å². The standard InChI is InChI=1S/C24H26O3/c1-5-27-24(14-15-24)20-13-10-18(16-21(20)23(2,3)4)7-6-17-8-11-19(12-9-17)22(25)26/h8-13,16H,5,14-15H2,1-4H3,(H,25,26). The molecule has 0 aliphatic heterocycles. The van der Waals surface area contributed by atoms with Crippen LogP contribution >= 0.6 is 0 Å². The second-order valence-electron chi connectivity index (χ2n) is 8.07. The van der Waals surface area contributed by atoms with Crippen LogP contribution < -0.4 is 0 Å². The number of carboxylic acids is 1. The molecule has 140 valence electrons. The zero-order valence-electron chi connectivity index (χ0n) is 16.4. The number of carboxylic acid groups (broad SMARTS) is 1. The van der Waals surface area contributed by atoms with Crippen molar-refractivity contribution in [3.63, 3.8) is 0 Å². The predicted octanol–water partition coefficient (Wildman–Crippen LogP) is 5.11. The minimum atomic E-state index is -0.928. The molecule has 2 aromatic carbocycles. The van der Waals surface area contributed by atoms with Crippen molar-refractivity contribution in [2.45, 2.75) is 51.6 Å². The summed E-state index contributed by atoms with van der Waals surface area (Å²) in [6, 6.07) is 13.0. The lowest BCUT2D eigenvalue weighted by atomic mass is 9.80. The molecule has 1 aliphatic rings. The fourth-order valence-corrected chi connectivity index (χ4v) is 3.36. The molecule has 0 atom stereocenters. The molecule has 0 unspecified atom stereocenters. The fraction of sp³-hybridized carbons (Fsp3) is 0.375. The Labute approximate surface area is 161 Å². The molecule has 27 heavy (non-hydrogen) atoms. The van der Waals surface area contributed by atoms with Crippen LogP contribution in [0.3, 0.4) is 0 Å². The Morgan fingerprint density at radius 2 is 1.67 bits per heavy atom. The van der Waals surface area contributed by atoms with Gasteiger partial charge in [-0.3, -0.25) is 0 Å². The highest BCUT2D eigenvalue weighted by molar-refractivity contribution is 5.87. The number of rotatable bonds is 4. The van der Waals surface area contributed by atoms with E-state index in [9.17, 15) is 4.79 Å². The molecular weight excluding hydrogens is 336 g/mol. The van der Waals surface area contributed by atoms with Gasteiger partial charge in [0, 0.05) is 17.7 Å². The highest BCUT2D eigenvalue weighted by Gasteiger charge is 2.47. The van der Waals surface area contributed by atoms with Crippen molar-refractivity contribution in [2.24, 2.45) is 0 Å². The summed E-state index contributed by atoms with van der Waals surface area (Å²) < 4.78 is 6.08. The molecule has 0 heterocycles. The topological polar surface area (TPSA) is 46.5 Å². The monoisotopic (exact) mass is 362 g/mol. The first-order chi connectivity index (χ1) is 12.7. The van der Waals surface area contributed by atoms with Gasteiger partial charge in [-0.2, -0.15) is 0 Å². The Kier molecular flexibility index (Phi) is 5.13. The Hall–Kier alpha value is -2.57. The van der Waals surface area contributed by atoms with Crippen LogP contribution in [0.25, 0.3) is 0 Å². The van der Waals surface area contributed by atoms with Gasteiger partial charge in [0.05, 0.1) is 11.2 Å². The third kappa shape index (κ3) is 4.23. The Bertz CT molecular complexity index is 901. The molecular formula is C24H26O3. The minimum Gasteiger partial charge on any atom is -0.478 e. The van der Waals surface area contributed by atoms with E-state index >= 15 is 0 Å². The van der Waals surface area contributed by atoms with Crippen LogP contribution in [-0.2, 0) is 15.8 Å². The summed E-state index contributed by atoms with van der Waals surface area (Å²) in [6.45, 7) is 9.42. The molecule has 3 nitrogen and oxygen atoms in total. The smallest absolute Gasteiger partial charge is 0.335 e. The highest BCUT2D eigenvalue weighted by Crippen LogP contribution is 2.52. The lowest BCUT2D eigenvalue weighted by Crippen LogP contribution is -2.21. The maximum absolute atomic E-state index is 10.9. The van der Waals surface area contributed by atoms with Gasteiger partial charge >= 0.3 is 5.97 Å². The summed E-state index contributed by atoms with van der Waals surface area (Å²) in [5.41, 5.74) is 4.48. The lowest BCUT2D eigenvalue weighted by molar-refractivity contribution is 0.0383. The van der Waals surface area contributed by atoms with Crippen LogP contribution in [-0.4, -0.2) is 17.7 Å². The third-order valence-corrected chi connectivity index (χ3v) is 4.93. The average Bonchev–Trinajstić information content (AvgIpc) is 3.40. The van der Waals surface area contributed by atoms with Crippen LogP contribution in [0.15, 0.2) is 42.5 Å². The molecule has 0 saturated heterocycles. The van der Waals surface area contributed by atoms with Gasteiger partial charge in [0.1, 0.15) is 0 Å². The van der Waals surface area contributed by atoms with E-state index in [-0.39, 0.29) is 16.6 Å². The molecule has 1 fully saturated rings. The average molecular weight is 362 g/mol. The van der Waals surface area contributed by atoms with E-state index in [2.05, 4.69) is 50.8 Å². The van der Waals surface area contributed by atoms with Crippen molar-refractivity contribution in [3.8, 4) is 11.8 Å². The van der Waals surface area contributed by atoms with Crippen LogP contribution in [0.2, 0.25) is 0 Å². The van der Waals surface area contributed by atoms with Gasteiger partial charge in [-0.05, 0) is 72.7 Å². The largest absolute Gasteiger partial charge is 0.478 e. The van der Waals surface area contributed by atoms with Gasteiger partial charge in [0.15, 0.2) is 0 Å². The molecule has 0 bridgehead atoms. The molecule has 1 saturated carbocycles. The second kappa shape index (κ2) is 7.21. The number of hydrogen-bond donors (Lipinski definition) is 1. The number of ether oxygens (including phenoxy) is 1. The zero-order chi connectivity index (χ0) is 19.7. The van der Waals surface area contributed by atoms with E-state index in [4.69, 9.17) is 9.84 Å². The van der Waals surface area contributed by atoms with Crippen LogP contribution in [0, 0.1) is 11.8 Å². The lowest BCUT2D eigenvalue weighted by Gasteiger charge is -2.28. The maximum Gasteiger partial charge on any atom is 0.335 e. The van der Waals surface area contributed by atoms with Gasteiger partial charge < -0.3 is 9.84 Å². The number of hydrogen-bond acceptors (Lipinski definition) is 2. The van der Waals surface area contributed by atoms with Gasteiger partial charge in [-0.25, -0.2) is 4.79 Å². The normalized spacial score (nSPS) is 15.0. The Balaban J connectivity index is 1.93. The van der Waals surface area contributed by atoms with E-state index in [0.717, 1.165) is 30.6 Å². The first-order valence-electron chi connectivity index (χ1n) is 9.39. The molecule has 3 rings (SSSR count). The van der Waals surface area contributed by atoms with Crippen LogP contribution in [0.1, 0.15) is 73.1 Å². The van der Waals surface area contributed by atoms with Crippen molar-refractivity contribution in [2.75, 3.05) is 6.61 Å². The van der Waals surface area contributed by atoms with E-state index in [1.54, 1.807) is 24.3 Å². The highest BCUT2D eigenvalue weighted by atomic mass is 16.5. The first kappa shape index (κ1) is 19.2. The second-order valence-corrected chi connectivity index (χ2v) is 8.07. The third-order valence-electron chi connectivity index (χ3n) is 4.93. The molecule has 1 aliphatic carbocycles. The van der Waals surface area contributed by atoms with E-state index in [1.165, 1.54) is 11.1 Å². The molecule has 0 amide bonds. The molecule has 2 aromatic rings.